The maximum atomic E-state index is 8.95. The number of aliphatic hydroxyl groups excluding tert-OH is 2. The molecule has 2 unspecified atom stereocenters. The average Bonchev–Trinajstić information content (AvgIpc) is 3.10. The molecule has 2 aromatic carbocycles. The largest absolute Gasteiger partial charge is 0.393 e. The Labute approximate surface area is 227 Å². The first-order valence-electron chi connectivity index (χ1n) is 14.4. The van der Waals surface area contributed by atoms with Crippen LogP contribution in [-0.4, -0.2) is 27.4 Å². The normalized spacial score (nSPS) is 18.6. The molecule has 1 aliphatic carbocycles. The Morgan fingerprint density at radius 2 is 1.74 bits per heavy atom. The summed E-state index contributed by atoms with van der Waals surface area (Å²) < 4.78 is 40.3. The molecule has 0 amide bonds. The molecule has 1 radical (unpaired) electrons. The van der Waals surface area contributed by atoms with E-state index in [1.54, 1.807) is 0 Å². The van der Waals surface area contributed by atoms with Crippen molar-refractivity contribution in [1.82, 2.24) is 4.98 Å². The number of aromatic nitrogens is 1. The van der Waals surface area contributed by atoms with Crippen molar-refractivity contribution in [3.63, 3.8) is 0 Å². The molecular formula is C30H38IrNO2-. The van der Waals surface area contributed by atoms with E-state index < -0.39 is 32.3 Å². The molecule has 4 rings (SSSR count). The van der Waals surface area contributed by atoms with Gasteiger partial charge in [-0.05, 0) is 65.8 Å². The first-order valence-corrected chi connectivity index (χ1v) is 11.4. The number of pyridine rings is 1. The molecule has 34 heavy (non-hydrogen) atoms. The fourth-order valence-electron chi connectivity index (χ4n) is 4.38. The Hall–Kier alpha value is -1.84. The Morgan fingerprint density at radius 3 is 2.38 bits per heavy atom. The van der Waals surface area contributed by atoms with Crippen molar-refractivity contribution in [1.29, 1.82) is 0 Å². The van der Waals surface area contributed by atoms with Gasteiger partial charge in [-0.1, -0.05) is 70.5 Å². The fourth-order valence-corrected chi connectivity index (χ4v) is 4.38. The summed E-state index contributed by atoms with van der Waals surface area (Å²) in [6, 6.07) is 20.9. The van der Waals surface area contributed by atoms with Crippen molar-refractivity contribution < 1.29 is 38.5 Å². The second kappa shape index (κ2) is 11.3. The molecule has 4 heteroatoms. The standard InChI is InChI=1S/C25H26N.C5H12O2.Ir/c1-6-24(2,3)17-14-15-26-22(16-17)20-12-9-11-19-18-10-7-8-13-21(18)25(4,5)23(19)20;1-4(6)3-5(2)7;/h7-11,13-16H,6H2,1-5H3;4-7H,3H2,1-2H3;/q-1;;/i;1D3,2D3;. The number of rotatable bonds is 5. The minimum Gasteiger partial charge on any atom is -0.393 e. The molecule has 0 bridgehead atoms. The minimum absolute atomic E-state index is 0. The number of nitrogens with zero attached hydrogens (tertiary/aromatic N) is 1. The topological polar surface area (TPSA) is 53.4 Å². The molecule has 0 saturated carbocycles. The Morgan fingerprint density at radius 1 is 1.06 bits per heavy atom. The zero-order valence-corrected chi connectivity index (χ0v) is 22.8. The van der Waals surface area contributed by atoms with Crippen molar-refractivity contribution in [2.45, 2.75) is 84.2 Å². The summed E-state index contributed by atoms with van der Waals surface area (Å²) >= 11 is 0. The van der Waals surface area contributed by atoms with E-state index in [1.165, 1.54) is 27.8 Å². The molecule has 1 aromatic heterocycles. The molecular weight excluding hydrogens is 599 g/mol. The quantitative estimate of drug-likeness (QED) is 0.306. The van der Waals surface area contributed by atoms with Crippen LogP contribution in [0.1, 0.15) is 86.1 Å². The summed E-state index contributed by atoms with van der Waals surface area (Å²) in [7, 11) is 0. The Kier molecular flexibility index (Phi) is 6.75. The van der Waals surface area contributed by atoms with Gasteiger partial charge in [0.05, 0.1) is 12.2 Å². The average molecular weight is 643 g/mol. The van der Waals surface area contributed by atoms with Gasteiger partial charge in [0.25, 0.3) is 0 Å². The van der Waals surface area contributed by atoms with Crippen molar-refractivity contribution in [3.8, 4) is 22.4 Å². The number of aliphatic hydroxyl groups is 2. The van der Waals surface area contributed by atoms with E-state index in [2.05, 4.69) is 83.1 Å². The molecule has 3 aromatic rings. The van der Waals surface area contributed by atoms with Gasteiger partial charge in [0.15, 0.2) is 0 Å². The zero-order chi connectivity index (χ0) is 29.4. The van der Waals surface area contributed by atoms with Gasteiger partial charge >= 0.3 is 0 Å². The SMILES string of the molecule is CCC(C)(C)c1ccnc(-c2[c-]ccc3c2C(C)(C)c2ccccc2-3)c1.[2H]C([2H])([2H])C(O)CC(O)C([2H])([2H])[2H].[Ir]. The smallest absolute Gasteiger partial charge is 0.0536 e. The third kappa shape index (κ3) is 5.86. The number of hydrogen-bond acceptors (Lipinski definition) is 3. The van der Waals surface area contributed by atoms with Crippen LogP contribution in [0.4, 0.5) is 0 Å². The predicted octanol–water partition coefficient (Wildman–Crippen LogP) is 6.68. The van der Waals surface area contributed by atoms with Crippen LogP contribution in [0.2, 0.25) is 0 Å². The van der Waals surface area contributed by atoms with Crippen LogP contribution in [0, 0.1) is 6.07 Å². The zero-order valence-electron chi connectivity index (χ0n) is 26.4. The van der Waals surface area contributed by atoms with Crippen LogP contribution in [0.3, 0.4) is 0 Å². The molecule has 0 aliphatic heterocycles. The summed E-state index contributed by atoms with van der Waals surface area (Å²) in [5.41, 5.74) is 9.00. The summed E-state index contributed by atoms with van der Waals surface area (Å²) in [6.07, 6.45) is -1.23. The molecule has 185 valence electrons. The van der Waals surface area contributed by atoms with Gasteiger partial charge in [-0.3, -0.25) is 0 Å². The van der Waals surface area contributed by atoms with Crippen LogP contribution >= 0.6 is 0 Å². The van der Waals surface area contributed by atoms with Gasteiger partial charge in [0, 0.05) is 34.5 Å². The predicted molar refractivity (Wildman–Crippen MR) is 137 cm³/mol. The molecule has 3 nitrogen and oxygen atoms in total. The van der Waals surface area contributed by atoms with Crippen LogP contribution in [0.15, 0.2) is 54.7 Å². The maximum Gasteiger partial charge on any atom is 0.0536 e. The molecule has 1 heterocycles. The van der Waals surface area contributed by atoms with Gasteiger partial charge in [-0.2, -0.15) is 0 Å². The number of benzene rings is 2. The van der Waals surface area contributed by atoms with E-state index in [4.69, 9.17) is 23.4 Å². The molecule has 0 fully saturated rings. The van der Waals surface area contributed by atoms with Gasteiger partial charge in [0.1, 0.15) is 0 Å². The minimum atomic E-state index is -2.65. The van der Waals surface area contributed by atoms with E-state index >= 15 is 0 Å². The summed E-state index contributed by atoms with van der Waals surface area (Å²) in [6.45, 7) is 6.17. The van der Waals surface area contributed by atoms with Gasteiger partial charge in [-0.25, -0.2) is 0 Å². The first-order chi connectivity index (χ1) is 17.9. The molecule has 2 atom stereocenters. The van der Waals surface area contributed by atoms with Crippen LogP contribution < -0.4 is 0 Å². The number of hydrogen-bond donors (Lipinski definition) is 2. The third-order valence-corrected chi connectivity index (χ3v) is 6.64. The second-order valence-electron chi connectivity index (χ2n) is 9.75. The van der Waals surface area contributed by atoms with Crippen molar-refractivity contribution in [3.05, 3.63) is 77.5 Å². The van der Waals surface area contributed by atoms with Crippen LogP contribution in [0.5, 0.6) is 0 Å². The molecule has 0 spiro atoms. The number of fused-ring (bicyclic) bond motifs is 3. The second-order valence-corrected chi connectivity index (χ2v) is 9.75. The monoisotopic (exact) mass is 643 g/mol. The van der Waals surface area contributed by atoms with Crippen LogP contribution in [-0.2, 0) is 30.9 Å². The summed E-state index contributed by atoms with van der Waals surface area (Å²) in [5, 5.41) is 17.9. The van der Waals surface area contributed by atoms with Crippen LogP contribution in [0.25, 0.3) is 22.4 Å². The molecule has 1 aliphatic rings. The molecule has 2 N–H and O–H groups in total. The Bertz CT molecular complexity index is 1290. The van der Waals surface area contributed by atoms with E-state index in [-0.39, 0.29) is 30.9 Å². The first kappa shape index (κ1) is 20.4. The van der Waals surface area contributed by atoms with E-state index in [0.717, 1.165) is 17.7 Å². The van der Waals surface area contributed by atoms with E-state index in [1.807, 2.05) is 12.3 Å². The van der Waals surface area contributed by atoms with Crippen molar-refractivity contribution in [2.24, 2.45) is 0 Å². The summed E-state index contributed by atoms with van der Waals surface area (Å²) in [5.74, 6) is 0. The van der Waals surface area contributed by atoms with Gasteiger partial charge in [-0.15, -0.1) is 29.3 Å². The van der Waals surface area contributed by atoms with Gasteiger partial charge < -0.3 is 15.2 Å². The fraction of sp³-hybridized carbons (Fsp3) is 0.433. The maximum absolute atomic E-state index is 8.95. The van der Waals surface area contributed by atoms with Crippen molar-refractivity contribution in [2.75, 3.05) is 0 Å². The summed E-state index contributed by atoms with van der Waals surface area (Å²) in [4.78, 5) is 4.73. The van der Waals surface area contributed by atoms with Crippen molar-refractivity contribution >= 4 is 0 Å². The van der Waals surface area contributed by atoms with Gasteiger partial charge in [0.2, 0.25) is 0 Å². The third-order valence-electron chi connectivity index (χ3n) is 6.64. The Balaban J connectivity index is 0.000000344. The van der Waals surface area contributed by atoms with E-state index in [0.29, 0.717) is 0 Å². The molecule has 0 saturated heterocycles. The van der Waals surface area contributed by atoms with E-state index in [9.17, 15) is 0 Å².